The largest absolute Gasteiger partial charge is 0.0758 e. The SMILES string of the molecule is CC1(C)c2cc(Br)ccc2C2C=CC(c3ccccc3)=CC21. The van der Waals surface area contributed by atoms with E-state index < -0.39 is 0 Å². The number of hydrogen-bond donors (Lipinski definition) is 0. The van der Waals surface area contributed by atoms with Gasteiger partial charge in [-0.3, -0.25) is 0 Å². The molecule has 0 spiro atoms. The van der Waals surface area contributed by atoms with Crippen molar-refractivity contribution in [2.24, 2.45) is 5.92 Å². The molecule has 0 bridgehead atoms. The van der Waals surface area contributed by atoms with E-state index in [2.05, 4.69) is 96.5 Å². The average molecular weight is 351 g/mol. The van der Waals surface area contributed by atoms with Crippen LogP contribution in [-0.2, 0) is 5.41 Å². The minimum atomic E-state index is 0.161. The molecule has 0 nitrogen and oxygen atoms in total. The van der Waals surface area contributed by atoms with Gasteiger partial charge in [-0.15, -0.1) is 0 Å². The third-order valence-electron chi connectivity index (χ3n) is 5.24. The summed E-state index contributed by atoms with van der Waals surface area (Å²) in [5.41, 5.74) is 5.78. The first kappa shape index (κ1) is 14.0. The fraction of sp³-hybridized carbons (Fsp3) is 0.238. The Morgan fingerprint density at radius 2 is 1.77 bits per heavy atom. The van der Waals surface area contributed by atoms with E-state index in [1.807, 2.05) is 0 Å². The lowest BCUT2D eigenvalue weighted by Crippen LogP contribution is -2.25. The molecule has 0 saturated carbocycles. The summed E-state index contributed by atoms with van der Waals surface area (Å²) < 4.78 is 1.18. The van der Waals surface area contributed by atoms with Gasteiger partial charge >= 0.3 is 0 Å². The smallest absolute Gasteiger partial charge is 0.0178 e. The molecule has 4 rings (SSSR count). The molecule has 2 unspecified atom stereocenters. The Labute approximate surface area is 140 Å². The summed E-state index contributed by atoms with van der Waals surface area (Å²) in [6, 6.07) is 17.5. The summed E-state index contributed by atoms with van der Waals surface area (Å²) in [4.78, 5) is 0. The summed E-state index contributed by atoms with van der Waals surface area (Å²) in [6.45, 7) is 4.75. The Kier molecular flexibility index (Phi) is 3.16. The summed E-state index contributed by atoms with van der Waals surface area (Å²) >= 11 is 3.63. The van der Waals surface area contributed by atoms with Crippen LogP contribution in [0.2, 0.25) is 0 Å². The van der Waals surface area contributed by atoms with Gasteiger partial charge in [0.05, 0.1) is 0 Å². The van der Waals surface area contributed by atoms with Crippen LogP contribution in [0.25, 0.3) is 5.57 Å². The van der Waals surface area contributed by atoms with Crippen molar-refractivity contribution in [1.29, 1.82) is 0 Å². The average Bonchev–Trinajstić information content (AvgIpc) is 2.76. The van der Waals surface area contributed by atoms with E-state index in [4.69, 9.17) is 0 Å². The molecule has 2 aliphatic rings. The van der Waals surface area contributed by atoms with E-state index in [-0.39, 0.29) is 5.41 Å². The molecule has 0 heterocycles. The third-order valence-corrected chi connectivity index (χ3v) is 5.73. The van der Waals surface area contributed by atoms with Gasteiger partial charge in [-0.05, 0) is 45.7 Å². The van der Waals surface area contributed by atoms with Crippen molar-refractivity contribution < 1.29 is 0 Å². The Morgan fingerprint density at radius 1 is 1.00 bits per heavy atom. The van der Waals surface area contributed by atoms with Crippen LogP contribution in [-0.4, -0.2) is 0 Å². The molecule has 2 aromatic rings. The minimum absolute atomic E-state index is 0.161. The lowest BCUT2D eigenvalue weighted by Gasteiger charge is -2.31. The number of allylic oxidation sites excluding steroid dienone is 4. The molecule has 0 radical (unpaired) electrons. The molecule has 2 atom stereocenters. The van der Waals surface area contributed by atoms with Gasteiger partial charge in [0.1, 0.15) is 0 Å². The van der Waals surface area contributed by atoms with E-state index in [0.29, 0.717) is 11.8 Å². The van der Waals surface area contributed by atoms with Crippen molar-refractivity contribution >= 4 is 21.5 Å². The molecular formula is C21H19Br. The van der Waals surface area contributed by atoms with E-state index in [1.54, 1.807) is 0 Å². The van der Waals surface area contributed by atoms with Gasteiger partial charge < -0.3 is 0 Å². The van der Waals surface area contributed by atoms with Crippen molar-refractivity contribution in [3.05, 3.63) is 87.9 Å². The van der Waals surface area contributed by atoms with Crippen LogP contribution in [0.3, 0.4) is 0 Å². The predicted molar refractivity (Wildman–Crippen MR) is 97.0 cm³/mol. The molecule has 110 valence electrons. The Hall–Kier alpha value is -1.60. The molecule has 0 N–H and O–H groups in total. The van der Waals surface area contributed by atoms with E-state index in [9.17, 15) is 0 Å². The minimum Gasteiger partial charge on any atom is -0.0758 e. The summed E-state index contributed by atoms with van der Waals surface area (Å²) in [5.74, 6) is 1.03. The van der Waals surface area contributed by atoms with Gasteiger partial charge in [-0.1, -0.05) is 84.4 Å². The standard InChI is InChI=1S/C21H19Br/c1-21(2)19-12-15(14-6-4-3-5-7-14)8-10-17(19)18-11-9-16(22)13-20(18)21/h3-13,17,19H,1-2H3. The van der Waals surface area contributed by atoms with E-state index in [1.165, 1.54) is 26.7 Å². The van der Waals surface area contributed by atoms with Gasteiger partial charge in [0.25, 0.3) is 0 Å². The molecule has 2 aliphatic carbocycles. The topological polar surface area (TPSA) is 0 Å². The monoisotopic (exact) mass is 350 g/mol. The first-order chi connectivity index (χ1) is 10.6. The van der Waals surface area contributed by atoms with E-state index >= 15 is 0 Å². The van der Waals surface area contributed by atoms with Gasteiger partial charge in [-0.25, -0.2) is 0 Å². The molecule has 0 fully saturated rings. The fourth-order valence-electron chi connectivity index (χ4n) is 4.01. The maximum Gasteiger partial charge on any atom is 0.0178 e. The van der Waals surface area contributed by atoms with Gasteiger partial charge in [0.15, 0.2) is 0 Å². The molecule has 0 amide bonds. The summed E-state index contributed by atoms with van der Waals surface area (Å²) in [5, 5.41) is 0. The van der Waals surface area contributed by atoms with E-state index in [0.717, 1.165) is 0 Å². The van der Waals surface area contributed by atoms with Crippen molar-refractivity contribution in [1.82, 2.24) is 0 Å². The van der Waals surface area contributed by atoms with Crippen molar-refractivity contribution in [2.45, 2.75) is 25.2 Å². The Balaban J connectivity index is 1.82. The third kappa shape index (κ3) is 2.03. The Bertz CT molecular complexity index is 781. The Morgan fingerprint density at radius 3 is 2.55 bits per heavy atom. The molecule has 0 saturated heterocycles. The quantitative estimate of drug-likeness (QED) is 0.583. The van der Waals surface area contributed by atoms with Crippen molar-refractivity contribution in [2.75, 3.05) is 0 Å². The van der Waals surface area contributed by atoms with Crippen LogP contribution < -0.4 is 0 Å². The zero-order valence-corrected chi connectivity index (χ0v) is 14.5. The summed E-state index contributed by atoms with van der Waals surface area (Å²) in [7, 11) is 0. The van der Waals surface area contributed by atoms with Crippen LogP contribution >= 0.6 is 15.9 Å². The molecule has 1 heteroatoms. The molecule has 0 aliphatic heterocycles. The normalized spacial score (nSPS) is 24.6. The molecular weight excluding hydrogens is 332 g/mol. The summed E-state index contributed by atoms with van der Waals surface area (Å²) in [6.07, 6.45) is 7.17. The second-order valence-electron chi connectivity index (χ2n) is 6.85. The maximum atomic E-state index is 3.63. The highest BCUT2D eigenvalue weighted by atomic mass is 79.9. The highest BCUT2D eigenvalue weighted by molar-refractivity contribution is 9.10. The van der Waals surface area contributed by atoms with Gasteiger partial charge in [0.2, 0.25) is 0 Å². The van der Waals surface area contributed by atoms with Crippen LogP contribution in [0.4, 0.5) is 0 Å². The number of halogens is 1. The maximum absolute atomic E-state index is 3.63. The lowest BCUT2D eigenvalue weighted by atomic mass is 9.73. The van der Waals surface area contributed by atoms with Crippen molar-refractivity contribution in [3.63, 3.8) is 0 Å². The fourth-order valence-corrected chi connectivity index (χ4v) is 4.37. The lowest BCUT2D eigenvalue weighted by molar-refractivity contribution is 0.395. The van der Waals surface area contributed by atoms with Crippen LogP contribution in [0.15, 0.2) is 71.2 Å². The molecule has 2 aromatic carbocycles. The van der Waals surface area contributed by atoms with Gasteiger partial charge in [0, 0.05) is 10.4 Å². The second-order valence-corrected chi connectivity index (χ2v) is 7.77. The van der Waals surface area contributed by atoms with Crippen LogP contribution in [0.1, 0.15) is 36.5 Å². The zero-order chi connectivity index (χ0) is 15.3. The number of rotatable bonds is 1. The van der Waals surface area contributed by atoms with Crippen molar-refractivity contribution in [3.8, 4) is 0 Å². The zero-order valence-electron chi connectivity index (χ0n) is 12.9. The molecule has 0 aromatic heterocycles. The first-order valence-corrected chi connectivity index (χ1v) is 8.62. The van der Waals surface area contributed by atoms with Gasteiger partial charge in [-0.2, -0.15) is 0 Å². The highest BCUT2D eigenvalue weighted by Gasteiger charge is 2.45. The first-order valence-electron chi connectivity index (χ1n) is 7.83. The number of fused-ring (bicyclic) bond motifs is 3. The molecule has 22 heavy (non-hydrogen) atoms. The number of benzene rings is 2. The van der Waals surface area contributed by atoms with Crippen LogP contribution in [0, 0.1) is 5.92 Å². The highest BCUT2D eigenvalue weighted by Crippen LogP contribution is 2.54. The number of hydrogen-bond acceptors (Lipinski definition) is 0. The van der Waals surface area contributed by atoms with Crippen LogP contribution in [0.5, 0.6) is 0 Å². The predicted octanol–water partition coefficient (Wildman–Crippen LogP) is 6.09. The second kappa shape index (κ2) is 4.96.